The van der Waals surface area contributed by atoms with E-state index < -0.39 is 10.1 Å². The number of unbranched alkanes of at least 4 members (excludes halogenated alkanes) is 1. The van der Waals surface area contributed by atoms with Crippen LogP contribution in [0.25, 0.3) is 0 Å². The van der Waals surface area contributed by atoms with E-state index in [1.165, 1.54) is 0 Å². The molecule has 0 spiro atoms. The Bertz CT molecular complexity index is 538. The second-order valence-corrected chi connectivity index (χ2v) is 6.84. The van der Waals surface area contributed by atoms with Crippen LogP contribution in [0.4, 0.5) is 0 Å². The first kappa shape index (κ1) is 16.4. The molecule has 2 atom stereocenters. The van der Waals surface area contributed by atoms with Crippen LogP contribution >= 0.6 is 0 Å². The van der Waals surface area contributed by atoms with Crippen molar-refractivity contribution in [2.45, 2.75) is 50.2 Å². The molecule has 1 aromatic rings. The van der Waals surface area contributed by atoms with Gasteiger partial charge in [-0.25, -0.2) is 0 Å². The van der Waals surface area contributed by atoms with E-state index in [1.807, 2.05) is 6.92 Å². The highest BCUT2D eigenvalue weighted by Crippen LogP contribution is 2.21. The van der Waals surface area contributed by atoms with Crippen molar-refractivity contribution in [2.75, 3.05) is 13.4 Å². The smallest absolute Gasteiger partial charge is 0.297 e. The highest BCUT2D eigenvalue weighted by Gasteiger charge is 2.30. The molecule has 118 valence electrons. The van der Waals surface area contributed by atoms with E-state index in [9.17, 15) is 8.42 Å². The fourth-order valence-corrected chi connectivity index (χ4v) is 3.11. The quantitative estimate of drug-likeness (QED) is 0.724. The number of hydrogen-bond acceptors (Lipinski definition) is 5. The Morgan fingerprint density at radius 1 is 1.19 bits per heavy atom. The van der Waals surface area contributed by atoms with Gasteiger partial charge in [-0.3, -0.25) is 4.18 Å². The summed E-state index contributed by atoms with van der Waals surface area (Å²) in [6, 6.07) is 6.58. The number of rotatable bonds is 7. The lowest BCUT2D eigenvalue weighted by Gasteiger charge is -2.16. The zero-order chi connectivity index (χ0) is 15.3. The van der Waals surface area contributed by atoms with Gasteiger partial charge < -0.3 is 9.47 Å². The van der Waals surface area contributed by atoms with Gasteiger partial charge in [-0.05, 0) is 25.5 Å². The lowest BCUT2D eigenvalue weighted by Crippen LogP contribution is -2.29. The van der Waals surface area contributed by atoms with Crippen molar-refractivity contribution in [2.24, 2.45) is 0 Å². The van der Waals surface area contributed by atoms with Crippen molar-refractivity contribution < 1.29 is 22.1 Å². The van der Waals surface area contributed by atoms with Crippen LogP contribution in [0.3, 0.4) is 0 Å². The van der Waals surface area contributed by atoms with Gasteiger partial charge in [0.1, 0.15) is 12.9 Å². The highest BCUT2D eigenvalue weighted by atomic mass is 32.2. The van der Waals surface area contributed by atoms with Gasteiger partial charge >= 0.3 is 0 Å². The third-order valence-electron chi connectivity index (χ3n) is 3.52. The Morgan fingerprint density at radius 3 is 2.52 bits per heavy atom. The van der Waals surface area contributed by atoms with Crippen molar-refractivity contribution in [3.63, 3.8) is 0 Å². The predicted molar refractivity (Wildman–Crippen MR) is 78.5 cm³/mol. The predicted octanol–water partition coefficient (Wildman–Crippen LogP) is 2.63. The fourth-order valence-electron chi connectivity index (χ4n) is 2.19. The maximum atomic E-state index is 12.1. The Balaban J connectivity index is 1.93. The number of hydrogen-bond donors (Lipinski definition) is 0. The minimum Gasteiger partial charge on any atom is -0.349 e. The Kier molecular flexibility index (Phi) is 5.75. The first-order chi connectivity index (χ1) is 10.0. The van der Waals surface area contributed by atoms with Gasteiger partial charge in [-0.15, -0.1) is 0 Å². The van der Waals surface area contributed by atoms with E-state index in [1.54, 1.807) is 24.3 Å². The number of benzene rings is 1. The van der Waals surface area contributed by atoms with Crippen molar-refractivity contribution in [3.8, 4) is 0 Å². The van der Waals surface area contributed by atoms with E-state index >= 15 is 0 Å². The summed E-state index contributed by atoms with van der Waals surface area (Å²) in [5, 5.41) is 0. The Morgan fingerprint density at radius 2 is 1.86 bits per heavy atom. The topological polar surface area (TPSA) is 61.8 Å². The summed E-state index contributed by atoms with van der Waals surface area (Å²) in [6.07, 6.45) is 2.54. The third kappa shape index (κ3) is 4.51. The van der Waals surface area contributed by atoms with Gasteiger partial charge in [-0.2, -0.15) is 8.42 Å². The molecule has 2 rings (SSSR count). The summed E-state index contributed by atoms with van der Waals surface area (Å²) in [4.78, 5) is 0.164. The van der Waals surface area contributed by atoms with Crippen molar-refractivity contribution in [1.29, 1.82) is 0 Å². The highest BCUT2D eigenvalue weighted by molar-refractivity contribution is 7.86. The molecule has 0 saturated carbocycles. The van der Waals surface area contributed by atoms with Gasteiger partial charge in [0.15, 0.2) is 0 Å². The molecular formula is C15H22O5S. The zero-order valence-electron chi connectivity index (χ0n) is 12.4. The first-order valence-corrected chi connectivity index (χ1v) is 8.63. The molecular weight excluding hydrogens is 292 g/mol. The molecule has 1 fully saturated rings. The van der Waals surface area contributed by atoms with Gasteiger partial charge in [0.25, 0.3) is 10.1 Å². The molecule has 1 saturated heterocycles. The van der Waals surface area contributed by atoms with Crippen LogP contribution in [0.15, 0.2) is 29.2 Å². The molecule has 1 aromatic carbocycles. The molecule has 0 aromatic heterocycles. The number of aryl methyl sites for hydroxylation is 1. The maximum Gasteiger partial charge on any atom is 0.297 e. The average molecular weight is 314 g/mol. The SMILES string of the molecule is CCCCC1OCOC1COS(=O)(=O)c1ccc(C)cc1. The van der Waals surface area contributed by atoms with E-state index in [0.29, 0.717) is 0 Å². The largest absolute Gasteiger partial charge is 0.349 e. The third-order valence-corrected chi connectivity index (χ3v) is 4.81. The van der Waals surface area contributed by atoms with Gasteiger partial charge in [0.2, 0.25) is 0 Å². The molecule has 0 bridgehead atoms. The van der Waals surface area contributed by atoms with Crippen molar-refractivity contribution in [1.82, 2.24) is 0 Å². The molecule has 6 heteroatoms. The molecule has 0 amide bonds. The summed E-state index contributed by atoms with van der Waals surface area (Å²) >= 11 is 0. The van der Waals surface area contributed by atoms with Gasteiger partial charge in [0, 0.05) is 0 Å². The van der Waals surface area contributed by atoms with Gasteiger partial charge in [-0.1, -0.05) is 37.5 Å². The summed E-state index contributed by atoms with van der Waals surface area (Å²) in [7, 11) is -3.74. The zero-order valence-corrected chi connectivity index (χ0v) is 13.3. The van der Waals surface area contributed by atoms with Crippen molar-refractivity contribution in [3.05, 3.63) is 29.8 Å². The molecule has 1 heterocycles. The lowest BCUT2D eigenvalue weighted by molar-refractivity contribution is 0.0299. The normalized spacial score (nSPS) is 22.6. The standard InChI is InChI=1S/C15H22O5S/c1-3-4-5-14-15(19-11-18-14)10-20-21(16,17)13-8-6-12(2)7-9-13/h6-9,14-15H,3-5,10-11H2,1-2H3. The Labute approximate surface area is 126 Å². The number of ether oxygens (including phenoxy) is 2. The summed E-state index contributed by atoms with van der Waals surface area (Å²) < 4.78 is 40.2. The minimum atomic E-state index is -3.74. The van der Waals surface area contributed by atoms with Gasteiger partial charge in [0.05, 0.1) is 17.6 Å². The molecule has 21 heavy (non-hydrogen) atoms. The lowest BCUT2D eigenvalue weighted by atomic mass is 10.1. The second kappa shape index (κ2) is 7.35. The van der Waals surface area contributed by atoms with Crippen LogP contribution in [0, 0.1) is 6.92 Å². The van der Waals surface area contributed by atoms with Crippen LogP contribution in [-0.4, -0.2) is 34.0 Å². The van der Waals surface area contributed by atoms with Crippen LogP contribution in [0.5, 0.6) is 0 Å². The van der Waals surface area contributed by atoms with Crippen LogP contribution in [0.1, 0.15) is 31.7 Å². The molecule has 2 unspecified atom stereocenters. The van der Waals surface area contributed by atoms with E-state index in [2.05, 4.69) is 6.92 Å². The molecule has 0 N–H and O–H groups in total. The monoisotopic (exact) mass is 314 g/mol. The van der Waals surface area contributed by atoms with Crippen LogP contribution in [-0.2, 0) is 23.8 Å². The Hall–Kier alpha value is -0.950. The summed E-state index contributed by atoms with van der Waals surface area (Å²) in [5.41, 5.74) is 1.00. The van der Waals surface area contributed by atoms with Crippen LogP contribution in [0.2, 0.25) is 0 Å². The van der Waals surface area contributed by atoms with E-state index in [4.69, 9.17) is 13.7 Å². The molecule has 0 radical (unpaired) electrons. The first-order valence-electron chi connectivity index (χ1n) is 7.22. The van der Waals surface area contributed by atoms with Crippen molar-refractivity contribution >= 4 is 10.1 Å². The average Bonchev–Trinajstić information content (AvgIpc) is 2.91. The van der Waals surface area contributed by atoms with E-state index in [0.717, 1.165) is 24.8 Å². The maximum absolute atomic E-state index is 12.1. The molecule has 1 aliphatic rings. The summed E-state index contributed by atoms with van der Waals surface area (Å²) in [5.74, 6) is 0. The summed E-state index contributed by atoms with van der Waals surface area (Å²) in [6.45, 7) is 4.19. The van der Waals surface area contributed by atoms with Crippen LogP contribution < -0.4 is 0 Å². The molecule has 1 aliphatic heterocycles. The molecule has 5 nitrogen and oxygen atoms in total. The molecule has 0 aliphatic carbocycles. The fraction of sp³-hybridized carbons (Fsp3) is 0.600. The second-order valence-electron chi connectivity index (χ2n) is 5.22. The minimum absolute atomic E-state index is 0.00933. The van der Waals surface area contributed by atoms with E-state index in [-0.39, 0.29) is 30.5 Å².